The molecule has 0 aliphatic carbocycles. The Hall–Kier alpha value is -0.670. The van der Waals surface area contributed by atoms with Crippen molar-refractivity contribution < 1.29 is 4.79 Å². The number of carbonyl (C=O) groups excluding carboxylic acids is 1. The normalized spacial score (nSPS) is 9.18. The molecule has 1 aromatic carbocycles. The number of hydrogen-bond acceptors (Lipinski definition) is 2. The lowest BCUT2D eigenvalue weighted by molar-refractivity contribution is 0.112. The minimum Gasteiger partial charge on any atom is -0.298 e. The molecule has 0 saturated carbocycles. The second-order valence-corrected chi connectivity index (χ2v) is 3.20. The third-order valence-electron chi connectivity index (χ3n) is 1.29. The molecule has 0 N–H and O–H groups in total. The van der Waals surface area contributed by atoms with Gasteiger partial charge in [-0.15, -0.1) is 12.6 Å². The molecule has 0 amide bonds. The molecule has 56 valence electrons. The number of hydrogen-bond donors (Lipinski definition) is 1. The maximum Gasteiger partial charge on any atom is 0.150 e. The average molecular weight is 182 g/mol. The summed E-state index contributed by atoms with van der Waals surface area (Å²) in [5.74, 6) is 0. The Kier molecular flexibility index (Phi) is 2.79. The van der Waals surface area contributed by atoms with Crippen molar-refractivity contribution in [1.29, 1.82) is 0 Å². The van der Waals surface area contributed by atoms with Crippen LogP contribution in [0.25, 0.3) is 0 Å². The molecule has 0 fully saturated rings. The molecule has 1 aromatic rings. The fraction of sp³-hybridized carbons (Fsp3) is 0. The Morgan fingerprint density at radius 3 is 2.27 bits per heavy atom. The van der Waals surface area contributed by atoms with Crippen molar-refractivity contribution in [2.24, 2.45) is 0 Å². The van der Waals surface area contributed by atoms with E-state index in [4.69, 9.17) is 12.2 Å². The van der Waals surface area contributed by atoms with Crippen LogP contribution in [0, 0.1) is 0 Å². The molecule has 0 bridgehead atoms. The lowest BCUT2D eigenvalue weighted by atomic mass is 10.2. The van der Waals surface area contributed by atoms with Crippen LogP contribution in [0.1, 0.15) is 15.9 Å². The highest BCUT2D eigenvalue weighted by Crippen LogP contribution is 2.05. The summed E-state index contributed by atoms with van der Waals surface area (Å²) in [6.45, 7) is 0. The van der Waals surface area contributed by atoms with Crippen molar-refractivity contribution in [3.05, 3.63) is 35.4 Å². The van der Waals surface area contributed by atoms with Gasteiger partial charge in [0.25, 0.3) is 0 Å². The molecular weight excluding hydrogens is 176 g/mol. The van der Waals surface area contributed by atoms with E-state index in [-0.39, 0.29) is 0 Å². The van der Waals surface area contributed by atoms with Crippen LogP contribution in [-0.4, -0.2) is 10.5 Å². The van der Waals surface area contributed by atoms with Gasteiger partial charge in [0.1, 0.15) is 6.29 Å². The van der Waals surface area contributed by atoms with E-state index in [1.165, 1.54) is 0 Å². The highest BCUT2D eigenvalue weighted by Gasteiger charge is 1.94. The van der Waals surface area contributed by atoms with Crippen LogP contribution in [0.2, 0.25) is 0 Å². The van der Waals surface area contributed by atoms with E-state index in [0.29, 0.717) is 9.76 Å². The number of rotatable bonds is 2. The topological polar surface area (TPSA) is 17.1 Å². The van der Waals surface area contributed by atoms with Crippen LogP contribution in [0.3, 0.4) is 0 Å². The highest BCUT2D eigenvalue weighted by molar-refractivity contribution is 8.11. The van der Waals surface area contributed by atoms with Crippen molar-refractivity contribution in [2.75, 3.05) is 0 Å². The first-order valence-corrected chi connectivity index (χ1v) is 3.88. The zero-order valence-electron chi connectivity index (χ0n) is 5.65. The largest absolute Gasteiger partial charge is 0.298 e. The Labute approximate surface area is 75.8 Å². The lowest BCUT2D eigenvalue weighted by Gasteiger charge is -1.95. The quantitative estimate of drug-likeness (QED) is 0.428. The molecule has 1 nitrogen and oxygen atoms in total. The highest BCUT2D eigenvalue weighted by atomic mass is 32.1. The molecular formula is C8H6OS2. The molecule has 1 rings (SSSR count). The van der Waals surface area contributed by atoms with E-state index >= 15 is 0 Å². The summed E-state index contributed by atoms with van der Waals surface area (Å²) in [6, 6.07) is 6.98. The van der Waals surface area contributed by atoms with Gasteiger partial charge >= 0.3 is 0 Å². The Balaban J connectivity index is 3.00. The van der Waals surface area contributed by atoms with E-state index in [2.05, 4.69) is 12.6 Å². The van der Waals surface area contributed by atoms with Crippen molar-refractivity contribution >= 4 is 35.3 Å². The second-order valence-electron chi connectivity index (χ2n) is 2.05. The molecule has 0 aromatic heterocycles. The van der Waals surface area contributed by atoms with E-state index in [9.17, 15) is 4.79 Å². The standard InChI is InChI=1S/C8H6OS2/c9-5-6-1-3-7(4-2-6)8(10)11/h1-5H,(H,10,11). The van der Waals surface area contributed by atoms with E-state index < -0.39 is 0 Å². The van der Waals surface area contributed by atoms with Crippen LogP contribution in [0.15, 0.2) is 24.3 Å². The van der Waals surface area contributed by atoms with E-state index in [1.54, 1.807) is 24.3 Å². The van der Waals surface area contributed by atoms with Crippen LogP contribution < -0.4 is 0 Å². The third-order valence-corrected chi connectivity index (χ3v) is 1.79. The third kappa shape index (κ3) is 2.13. The summed E-state index contributed by atoms with van der Waals surface area (Å²) < 4.78 is 0.544. The van der Waals surface area contributed by atoms with Crippen molar-refractivity contribution in [3.63, 3.8) is 0 Å². The lowest BCUT2D eigenvalue weighted by Crippen LogP contribution is -1.87. The minimum atomic E-state index is 0.544. The summed E-state index contributed by atoms with van der Waals surface area (Å²) in [6.07, 6.45) is 0.797. The summed E-state index contributed by atoms with van der Waals surface area (Å²) in [7, 11) is 0. The van der Waals surface area contributed by atoms with Gasteiger partial charge in [0.15, 0.2) is 0 Å². The first-order chi connectivity index (χ1) is 5.24. The fourth-order valence-corrected chi connectivity index (χ4v) is 0.989. The zero-order chi connectivity index (χ0) is 8.27. The van der Waals surface area contributed by atoms with Crippen LogP contribution in [0.4, 0.5) is 0 Å². The van der Waals surface area contributed by atoms with Gasteiger partial charge in [-0.3, -0.25) is 4.79 Å². The molecule has 0 spiro atoms. The number of thiol groups is 1. The maximum absolute atomic E-state index is 10.2. The van der Waals surface area contributed by atoms with Gasteiger partial charge in [0, 0.05) is 5.56 Å². The summed E-state index contributed by atoms with van der Waals surface area (Å²) >= 11 is 8.81. The van der Waals surface area contributed by atoms with Gasteiger partial charge in [0.05, 0.1) is 4.20 Å². The summed E-state index contributed by atoms with van der Waals surface area (Å²) in [4.78, 5) is 10.2. The number of aldehydes is 1. The van der Waals surface area contributed by atoms with Gasteiger partial charge in [0.2, 0.25) is 0 Å². The van der Waals surface area contributed by atoms with Crippen LogP contribution in [-0.2, 0) is 0 Å². The van der Waals surface area contributed by atoms with Gasteiger partial charge in [-0.25, -0.2) is 0 Å². The Morgan fingerprint density at radius 2 is 1.91 bits per heavy atom. The smallest absolute Gasteiger partial charge is 0.150 e. The minimum absolute atomic E-state index is 0.544. The molecule has 0 heterocycles. The number of benzene rings is 1. The molecule has 3 heteroatoms. The molecule has 0 aliphatic rings. The summed E-state index contributed by atoms with van der Waals surface area (Å²) in [5, 5.41) is 0. The van der Waals surface area contributed by atoms with Crippen molar-refractivity contribution in [3.8, 4) is 0 Å². The van der Waals surface area contributed by atoms with Crippen molar-refractivity contribution in [2.45, 2.75) is 0 Å². The Morgan fingerprint density at radius 1 is 1.36 bits per heavy atom. The fourth-order valence-electron chi connectivity index (χ4n) is 0.704. The first kappa shape index (κ1) is 8.43. The van der Waals surface area contributed by atoms with Gasteiger partial charge < -0.3 is 0 Å². The van der Waals surface area contributed by atoms with Gasteiger partial charge in [-0.1, -0.05) is 36.5 Å². The number of carbonyl (C=O) groups is 1. The molecule has 0 radical (unpaired) electrons. The van der Waals surface area contributed by atoms with E-state index in [1.807, 2.05) is 0 Å². The second kappa shape index (κ2) is 3.64. The molecule has 11 heavy (non-hydrogen) atoms. The molecule has 0 unspecified atom stereocenters. The van der Waals surface area contributed by atoms with Gasteiger partial charge in [-0.05, 0) is 5.56 Å². The van der Waals surface area contributed by atoms with Crippen LogP contribution in [0.5, 0.6) is 0 Å². The van der Waals surface area contributed by atoms with E-state index in [0.717, 1.165) is 11.8 Å². The first-order valence-electron chi connectivity index (χ1n) is 3.02. The average Bonchev–Trinajstić information content (AvgIpc) is 2.05. The summed E-state index contributed by atoms with van der Waals surface area (Å²) in [5.41, 5.74) is 1.52. The predicted octanol–water partition coefficient (Wildman–Crippen LogP) is 2.10. The van der Waals surface area contributed by atoms with Crippen molar-refractivity contribution in [1.82, 2.24) is 0 Å². The molecule has 0 aliphatic heterocycles. The molecule has 0 atom stereocenters. The SMILES string of the molecule is O=Cc1ccc(C(=S)S)cc1. The molecule has 0 saturated heterocycles. The van der Waals surface area contributed by atoms with Crippen LogP contribution >= 0.6 is 24.8 Å². The number of thiocarbonyl (C=S) groups is 1. The Bertz CT molecular complexity index is 277. The monoisotopic (exact) mass is 182 g/mol. The zero-order valence-corrected chi connectivity index (χ0v) is 7.36. The maximum atomic E-state index is 10.2. The van der Waals surface area contributed by atoms with Gasteiger partial charge in [-0.2, -0.15) is 0 Å². The predicted molar refractivity (Wildman–Crippen MR) is 52.5 cm³/mol.